The van der Waals surface area contributed by atoms with Gasteiger partial charge in [0.15, 0.2) is 5.96 Å². The van der Waals surface area contributed by atoms with Gasteiger partial charge in [-0.1, -0.05) is 18.2 Å². The Bertz CT molecular complexity index is 584. The van der Waals surface area contributed by atoms with Crippen LogP contribution in [0.4, 0.5) is 5.69 Å². The van der Waals surface area contributed by atoms with Gasteiger partial charge >= 0.3 is 0 Å². The fourth-order valence-electron chi connectivity index (χ4n) is 1.65. The maximum absolute atomic E-state index is 8.72. The summed E-state index contributed by atoms with van der Waals surface area (Å²) in [5.41, 5.74) is 13.0. The Hall–Kier alpha value is -2.48. The predicted octanol–water partition coefficient (Wildman–Crippen LogP) is 1.14. The molecule has 1 heterocycles. The van der Waals surface area contributed by atoms with Crippen LogP contribution in [-0.2, 0) is 6.42 Å². The van der Waals surface area contributed by atoms with E-state index in [0.717, 1.165) is 16.6 Å². The first-order valence-electron chi connectivity index (χ1n) is 4.78. The van der Waals surface area contributed by atoms with Crippen molar-refractivity contribution in [2.24, 2.45) is 16.5 Å². The summed E-state index contributed by atoms with van der Waals surface area (Å²) in [6.45, 7) is 0. The number of aromatic nitrogens is 1. The molecule has 0 amide bonds. The van der Waals surface area contributed by atoms with Gasteiger partial charge in [0.25, 0.3) is 0 Å². The zero-order valence-electron chi connectivity index (χ0n) is 8.57. The largest absolute Gasteiger partial charge is 0.370 e. The molecule has 1 aromatic heterocycles. The summed E-state index contributed by atoms with van der Waals surface area (Å²) >= 11 is 0. The van der Waals surface area contributed by atoms with Crippen molar-refractivity contribution in [1.29, 1.82) is 5.26 Å². The minimum Gasteiger partial charge on any atom is -0.370 e. The molecular weight excluding hydrogens is 202 g/mol. The lowest BCUT2D eigenvalue weighted by Gasteiger charge is -1.95. The molecule has 0 saturated carbocycles. The van der Waals surface area contributed by atoms with Crippen LogP contribution in [0.25, 0.3) is 10.9 Å². The minimum atomic E-state index is -0.0102. The maximum Gasteiger partial charge on any atom is 0.191 e. The van der Waals surface area contributed by atoms with Gasteiger partial charge in [-0.15, -0.1) is 0 Å². The van der Waals surface area contributed by atoms with Crippen molar-refractivity contribution >= 4 is 22.5 Å². The van der Waals surface area contributed by atoms with E-state index in [4.69, 9.17) is 16.7 Å². The Morgan fingerprint density at radius 1 is 1.38 bits per heavy atom. The number of nitrogens with one attached hydrogen (secondary N) is 1. The number of benzene rings is 1. The fourth-order valence-corrected chi connectivity index (χ4v) is 1.65. The monoisotopic (exact) mass is 213 g/mol. The van der Waals surface area contributed by atoms with Crippen molar-refractivity contribution in [2.45, 2.75) is 6.42 Å². The standard InChI is InChI=1S/C11H11N5/c12-6-5-9-10(16-11(13)14)7-3-1-2-4-8(7)15-9/h1-4,15H,5H2,(H4,13,14,16). The third-order valence-electron chi connectivity index (χ3n) is 2.25. The lowest BCUT2D eigenvalue weighted by atomic mass is 10.2. The molecule has 2 aromatic rings. The summed E-state index contributed by atoms with van der Waals surface area (Å²) in [7, 11) is 0. The predicted molar refractivity (Wildman–Crippen MR) is 63.1 cm³/mol. The third kappa shape index (κ3) is 1.68. The second kappa shape index (κ2) is 3.95. The molecule has 80 valence electrons. The average molecular weight is 213 g/mol. The van der Waals surface area contributed by atoms with E-state index in [1.807, 2.05) is 24.3 Å². The maximum atomic E-state index is 8.72. The van der Waals surface area contributed by atoms with Crippen LogP contribution in [0.2, 0.25) is 0 Å². The van der Waals surface area contributed by atoms with Gasteiger partial charge in [0.1, 0.15) is 0 Å². The summed E-state index contributed by atoms with van der Waals surface area (Å²) < 4.78 is 0. The highest BCUT2D eigenvalue weighted by molar-refractivity contribution is 5.95. The molecule has 0 bridgehead atoms. The molecule has 0 unspecified atom stereocenters. The summed E-state index contributed by atoms with van der Waals surface area (Å²) in [6.07, 6.45) is 0.251. The number of rotatable bonds is 2. The summed E-state index contributed by atoms with van der Waals surface area (Å²) in [6, 6.07) is 9.72. The van der Waals surface area contributed by atoms with Crippen LogP contribution >= 0.6 is 0 Å². The van der Waals surface area contributed by atoms with Gasteiger partial charge in [-0.3, -0.25) is 0 Å². The van der Waals surface area contributed by atoms with Gasteiger partial charge in [0.05, 0.1) is 23.9 Å². The molecule has 5 N–H and O–H groups in total. The molecule has 1 aromatic carbocycles. The first-order chi connectivity index (χ1) is 7.72. The molecule has 0 aliphatic carbocycles. The van der Waals surface area contributed by atoms with E-state index in [2.05, 4.69) is 16.0 Å². The first-order valence-corrected chi connectivity index (χ1v) is 4.78. The van der Waals surface area contributed by atoms with Crippen LogP contribution in [0.1, 0.15) is 5.69 Å². The highest BCUT2D eigenvalue weighted by atomic mass is 15.0. The van der Waals surface area contributed by atoms with Crippen LogP contribution in [0.3, 0.4) is 0 Å². The average Bonchev–Trinajstić information content (AvgIpc) is 2.57. The lowest BCUT2D eigenvalue weighted by Crippen LogP contribution is -2.22. The number of nitrogens with zero attached hydrogens (tertiary/aromatic N) is 2. The number of hydrogen-bond donors (Lipinski definition) is 3. The Kier molecular flexibility index (Phi) is 2.48. The Labute approximate surface area is 92.4 Å². The minimum absolute atomic E-state index is 0.0102. The molecule has 0 atom stereocenters. The van der Waals surface area contributed by atoms with Gasteiger partial charge in [-0.05, 0) is 6.07 Å². The smallest absolute Gasteiger partial charge is 0.191 e. The number of para-hydroxylation sites is 1. The SMILES string of the molecule is N#CCc1[nH]c2ccccc2c1N=C(N)N. The molecule has 2 rings (SSSR count). The third-order valence-corrected chi connectivity index (χ3v) is 2.25. The van der Waals surface area contributed by atoms with E-state index >= 15 is 0 Å². The molecule has 0 spiro atoms. The second-order valence-corrected chi connectivity index (χ2v) is 3.37. The number of aliphatic imine (C=N–C) groups is 1. The van der Waals surface area contributed by atoms with Crippen molar-refractivity contribution < 1.29 is 0 Å². The molecule has 0 aliphatic heterocycles. The van der Waals surface area contributed by atoms with E-state index in [1.165, 1.54) is 0 Å². The Balaban J connectivity index is 2.70. The fraction of sp³-hybridized carbons (Fsp3) is 0.0909. The van der Waals surface area contributed by atoms with Gasteiger partial charge in [-0.25, -0.2) is 4.99 Å². The molecule has 5 heteroatoms. The second-order valence-electron chi connectivity index (χ2n) is 3.37. The summed E-state index contributed by atoms with van der Waals surface area (Å²) in [4.78, 5) is 7.19. The number of hydrogen-bond acceptors (Lipinski definition) is 2. The number of H-pyrrole nitrogens is 1. The van der Waals surface area contributed by atoms with Crippen LogP contribution < -0.4 is 11.5 Å². The zero-order valence-corrected chi connectivity index (χ0v) is 8.57. The van der Waals surface area contributed by atoms with Gasteiger partial charge in [-0.2, -0.15) is 5.26 Å². The van der Waals surface area contributed by atoms with E-state index in [1.54, 1.807) is 0 Å². The van der Waals surface area contributed by atoms with Crippen molar-refractivity contribution in [3.63, 3.8) is 0 Å². The number of nitrogens with two attached hydrogens (primary N) is 2. The molecular formula is C11H11N5. The topological polar surface area (TPSA) is 104 Å². The Morgan fingerprint density at radius 2 is 2.12 bits per heavy atom. The van der Waals surface area contributed by atoms with Gasteiger partial charge in [0.2, 0.25) is 0 Å². The summed E-state index contributed by atoms with van der Waals surface area (Å²) in [5.74, 6) is -0.0102. The van der Waals surface area contributed by atoms with Crippen molar-refractivity contribution in [1.82, 2.24) is 4.98 Å². The number of aromatic amines is 1. The quantitative estimate of drug-likeness (QED) is 0.514. The van der Waals surface area contributed by atoms with Crippen molar-refractivity contribution in [3.8, 4) is 6.07 Å². The van der Waals surface area contributed by atoms with Crippen molar-refractivity contribution in [2.75, 3.05) is 0 Å². The van der Waals surface area contributed by atoms with E-state index in [0.29, 0.717) is 5.69 Å². The van der Waals surface area contributed by atoms with E-state index in [9.17, 15) is 0 Å². The Morgan fingerprint density at radius 3 is 2.81 bits per heavy atom. The molecule has 0 radical (unpaired) electrons. The van der Waals surface area contributed by atoms with Crippen molar-refractivity contribution in [3.05, 3.63) is 30.0 Å². The van der Waals surface area contributed by atoms with E-state index in [-0.39, 0.29) is 12.4 Å². The first kappa shape index (κ1) is 10.1. The molecule has 0 saturated heterocycles. The van der Waals surface area contributed by atoms with Gasteiger partial charge < -0.3 is 16.5 Å². The zero-order chi connectivity index (χ0) is 11.5. The lowest BCUT2D eigenvalue weighted by molar-refractivity contribution is 1.16. The van der Waals surface area contributed by atoms with Gasteiger partial charge in [0, 0.05) is 10.9 Å². The highest BCUT2D eigenvalue weighted by Gasteiger charge is 2.09. The number of guanidine groups is 1. The molecule has 0 aliphatic rings. The van der Waals surface area contributed by atoms with Crippen LogP contribution in [0.15, 0.2) is 29.3 Å². The molecule has 0 fully saturated rings. The highest BCUT2D eigenvalue weighted by Crippen LogP contribution is 2.30. The van der Waals surface area contributed by atoms with E-state index < -0.39 is 0 Å². The number of nitriles is 1. The molecule has 16 heavy (non-hydrogen) atoms. The van der Waals surface area contributed by atoms with Crippen LogP contribution in [-0.4, -0.2) is 10.9 Å². The number of fused-ring (bicyclic) bond motifs is 1. The molecule has 5 nitrogen and oxygen atoms in total. The normalized spacial score (nSPS) is 9.94. The van der Waals surface area contributed by atoms with Crippen LogP contribution in [0, 0.1) is 11.3 Å². The van der Waals surface area contributed by atoms with Crippen LogP contribution in [0.5, 0.6) is 0 Å². The summed E-state index contributed by atoms with van der Waals surface area (Å²) in [5, 5.41) is 9.64.